The molecule has 1 fully saturated rings. The van der Waals surface area contributed by atoms with Crippen LogP contribution in [0.3, 0.4) is 0 Å². The SMILES string of the molecule is COC[C@@H](C)n1c(C)cc(C(=O)CSc2nnc(-c3c[nH]c4ccccc34)n2C2CC2)c1C. The molecule has 0 aliphatic heterocycles. The average molecular weight is 464 g/mol. The smallest absolute Gasteiger partial charge is 0.192 e. The predicted molar refractivity (Wildman–Crippen MR) is 131 cm³/mol. The molecule has 0 saturated heterocycles. The number of aromatic amines is 1. The van der Waals surface area contributed by atoms with Crippen LogP contribution < -0.4 is 0 Å². The van der Waals surface area contributed by atoms with Gasteiger partial charge in [-0.1, -0.05) is 30.0 Å². The number of thioether (sulfide) groups is 1. The van der Waals surface area contributed by atoms with E-state index in [0.29, 0.717) is 18.4 Å². The number of ether oxygens (including phenoxy) is 1. The van der Waals surface area contributed by atoms with Crippen molar-refractivity contribution in [2.24, 2.45) is 0 Å². The number of aryl methyl sites for hydroxylation is 1. The van der Waals surface area contributed by atoms with Gasteiger partial charge in [-0.2, -0.15) is 0 Å². The van der Waals surface area contributed by atoms with E-state index in [1.807, 2.05) is 38.2 Å². The lowest BCUT2D eigenvalue weighted by Gasteiger charge is -2.17. The third-order valence-corrected chi connectivity index (χ3v) is 7.32. The van der Waals surface area contributed by atoms with Crippen molar-refractivity contribution in [3.8, 4) is 11.4 Å². The standard InChI is InChI=1S/C25H29N5O2S/c1-15-11-20(17(3)29(15)16(2)13-32-4)23(31)14-33-25-28-27-24(30(25)18-9-10-18)21-12-26-22-8-6-5-7-19(21)22/h5-8,11-12,16,18,26H,9-10,13-14H2,1-4H3/t16-/m1/s1. The van der Waals surface area contributed by atoms with Crippen LogP contribution in [0.4, 0.5) is 0 Å². The number of ketones is 1. The number of carbonyl (C=O) groups excluding carboxylic acids is 1. The number of nitrogens with one attached hydrogen (secondary N) is 1. The van der Waals surface area contributed by atoms with Crippen LogP contribution in [0.2, 0.25) is 0 Å². The Morgan fingerprint density at radius 3 is 2.82 bits per heavy atom. The zero-order chi connectivity index (χ0) is 23.1. The van der Waals surface area contributed by atoms with Gasteiger partial charge in [-0.3, -0.25) is 9.36 Å². The van der Waals surface area contributed by atoms with Crippen LogP contribution in [0.15, 0.2) is 41.7 Å². The van der Waals surface area contributed by atoms with Gasteiger partial charge >= 0.3 is 0 Å². The lowest BCUT2D eigenvalue weighted by atomic mass is 10.1. The molecule has 1 N–H and O–H groups in total. The van der Waals surface area contributed by atoms with Gasteiger partial charge in [0.05, 0.1) is 18.4 Å². The van der Waals surface area contributed by atoms with E-state index in [2.05, 4.69) is 43.4 Å². The number of aromatic nitrogens is 5. The highest BCUT2D eigenvalue weighted by atomic mass is 32.2. The van der Waals surface area contributed by atoms with Gasteiger partial charge in [0.1, 0.15) is 0 Å². The van der Waals surface area contributed by atoms with E-state index in [1.54, 1.807) is 7.11 Å². The maximum Gasteiger partial charge on any atom is 0.192 e. The molecule has 4 aromatic rings. The van der Waals surface area contributed by atoms with Crippen LogP contribution in [0.1, 0.15) is 53.6 Å². The first-order chi connectivity index (χ1) is 16.0. The number of Topliss-reactive ketones (excluding diaryl/α,β-unsaturated/α-hetero) is 1. The Hall–Kier alpha value is -2.84. The molecule has 0 amide bonds. The van der Waals surface area contributed by atoms with Crippen molar-refractivity contribution in [3.63, 3.8) is 0 Å². The molecule has 1 saturated carbocycles. The van der Waals surface area contributed by atoms with Gasteiger partial charge in [0.25, 0.3) is 0 Å². The van der Waals surface area contributed by atoms with Crippen molar-refractivity contribution in [1.82, 2.24) is 24.3 Å². The van der Waals surface area contributed by atoms with Crippen LogP contribution in [-0.4, -0.2) is 49.6 Å². The number of benzene rings is 1. The molecule has 1 atom stereocenters. The lowest BCUT2D eigenvalue weighted by Crippen LogP contribution is -2.14. The number of hydrogen-bond donors (Lipinski definition) is 1. The monoisotopic (exact) mass is 463 g/mol. The fraction of sp³-hybridized carbons (Fsp3) is 0.400. The van der Waals surface area contributed by atoms with Crippen molar-refractivity contribution >= 4 is 28.4 Å². The minimum atomic E-state index is 0.114. The summed E-state index contributed by atoms with van der Waals surface area (Å²) >= 11 is 1.48. The largest absolute Gasteiger partial charge is 0.383 e. The van der Waals surface area contributed by atoms with Gasteiger partial charge in [0.15, 0.2) is 16.8 Å². The molecule has 0 spiro atoms. The fourth-order valence-corrected chi connectivity index (χ4v) is 5.63. The lowest BCUT2D eigenvalue weighted by molar-refractivity contribution is 0.102. The Balaban J connectivity index is 1.39. The molecule has 1 aliphatic rings. The summed E-state index contributed by atoms with van der Waals surface area (Å²) in [6.45, 7) is 6.77. The van der Waals surface area contributed by atoms with Gasteiger partial charge in [0.2, 0.25) is 0 Å². The quantitative estimate of drug-likeness (QED) is 0.267. The van der Waals surface area contributed by atoms with E-state index in [4.69, 9.17) is 4.74 Å². The fourth-order valence-electron chi connectivity index (χ4n) is 4.74. The van der Waals surface area contributed by atoms with E-state index in [1.165, 1.54) is 11.8 Å². The Morgan fingerprint density at radius 2 is 2.06 bits per heavy atom. The summed E-state index contributed by atoms with van der Waals surface area (Å²) in [4.78, 5) is 16.5. The van der Waals surface area contributed by atoms with E-state index in [-0.39, 0.29) is 11.8 Å². The number of methoxy groups -OCH3 is 1. The Morgan fingerprint density at radius 1 is 1.27 bits per heavy atom. The second kappa shape index (κ2) is 8.83. The second-order valence-electron chi connectivity index (χ2n) is 8.83. The highest BCUT2D eigenvalue weighted by Crippen LogP contribution is 2.42. The van der Waals surface area contributed by atoms with Gasteiger partial charge in [-0.15, -0.1) is 10.2 Å². The average Bonchev–Trinajstić information content (AvgIpc) is 3.29. The van der Waals surface area contributed by atoms with Crippen LogP contribution in [0, 0.1) is 13.8 Å². The molecule has 33 heavy (non-hydrogen) atoms. The van der Waals surface area contributed by atoms with Gasteiger partial charge in [0, 0.05) is 52.8 Å². The first-order valence-electron chi connectivity index (χ1n) is 11.3. The number of fused-ring (bicyclic) bond motifs is 1. The summed E-state index contributed by atoms with van der Waals surface area (Å²) in [5, 5.41) is 11.0. The van der Waals surface area contributed by atoms with E-state index in [9.17, 15) is 4.79 Å². The molecule has 8 heteroatoms. The van der Waals surface area contributed by atoms with Crippen LogP contribution in [0.25, 0.3) is 22.3 Å². The molecule has 0 unspecified atom stereocenters. The summed E-state index contributed by atoms with van der Waals surface area (Å²) in [7, 11) is 1.70. The number of hydrogen-bond acceptors (Lipinski definition) is 5. The van der Waals surface area contributed by atoms with Crippen molar-refractivity contribution in [1.29, 1.82) is 0 Å². The first kappa shape index (κ1) is 22.0. The third kappa shape index (κ3) is 4.02. The molecule has 3 heterocycles. The van der Waals surface area contributed by atoms with Gasteiger partial charge in [-0.25, -0.2) is 0 Å². The van der Waals surface area contributed by atoms with Crippen LogP contribution >= 0.6 is 11.8 Å². The summed E-state index contributed by atoms with van der Waals surface area (Å²) in [6.07, 6.45) is 4.24. The molecule has 7 nitrogen and oxygen atoms in total. The second-order valence-corrected chi connectivity index (χ2v) is 9.77. The Labute approximate surface area is 197 Å². The highest BCUT2D eigenvalue weighted by Gasteiger charge is 2.31. The maximum absolute atomic E-state index is 13.2. The van der Waals surface area contributed by atoms with E-state index in [0.717, 1.165) is 57.2 Å². The van der Waals surface area contributed by atoms with Gasteiger partial charge < -0.3 is 14.3 Å². The molecule has 1 aromatic carbocycles. The number of H-pyrrole nitrogens is 1. The molecule has 1 aliphatic carbocycles. The van der Waals surface area contributed by atoms with Crippen molar-refractivity contribution in [2.75, 3.05) is 19.5 Å². The van der Waals surface area contributed by atoms with Crippen molar-refractivity contribution < 1.29 is 9.53 Å². The normalized spacial score (nSPS) is 14.8. The molecule has 0 radical (unpaired) electrons. The summed E-state index contributed by atoms with van der Waals surface area (Å²) in [6, 6.07) is 10.8. The number of carbonyl (C=O) groups is 1. The minimum absolute atomic E-state index is 0.114. The first-order valence-corrected chi connectivity index (χ1v) is 12.3. The van der Waals surface area contributed by atoms with Crippen LogP contribution in [-0.2, 0) is 4.74 Å². The Bertz CT molecular complexity index is 1310. The number of nitrogens with zero attached hydrogens (tertiary/aromatic N) is 4. The zero-order valence-electron chi connectivity index (χ0n) is 19.5. The van der Waals surface area contributed by atoms with E-state index < -0.39 is 0 Å². The molecule has 3 aromatic heterocycles. The number of rotatable bonds is 9. The molecule has 5 rings (SSSR count). The zero-order valence-corrected chi connectivity index (χ0v) is 20.3. The third-order valence-electron chi connectivity index (χ3n) is 6.37. The molecule has 0 bridgehead atoms. The highest BCUT2D eigenvalue weighted by molar-refractivity contribution is 7.99. The predicted octanol–water partition coefficient (Wildman–Crippen LogP) is 5.36. The van der Waals surface area contributed by atoms with Crippen LogP contribution in [0.5, 0.6) is 0 Å². The maximum atomic E-state index is 13.2. The summed E-state index contributed by atoms with van der Waals surface area (Å²) in [5.41, 5.74) is 4.98. The topological polar surface area (TPSA) is 77.7 Å². The molecular formula is C25H29N5O2S. The van der Waals surface area contributed by atoms with Crippen molar-refractivity contribution in [2.45, 2.75) is 50.9 Å². The number of para-hydroxylation sites is 1. The van der Waals surface area contributed by atoms with Crippen molar-refractivity contribution in [3.05, 3.63) is 53.5 Å². The Kier molecular flexibility index (Phi) is 5.88. The summed E-state index contributed by atoms with van der Waals surface area (Å²) in [5.74, 6) is 1.32. The molecule has 172 valence electrons. The molecular weight excluding hydrogens is 434 g/mol. The summed E-state index contributed by atoms with van der Waals surface area (Å²) < 4.78 is 9.72. The van der Waals surface area contributed by atoms with E-state index >= 15 is 0 Å². The minimum Gasteiger partial charge on any atom is -0.383 e. The van der Waals surface area contributed by atoms with Gasteiger partial charge in [-0.05, 0) is 45.7 Å².